The molecule has 0 radical (unpaired) electrons. The fourth-order valence-electron chi connectivity index (χ4n) is 1.99. The number of anilines is 1. The van der Waals surface area contributed by atoms with E-state index in [4.69, 9.17) is 15.7 Å². The van der Waals surface area contributed by atoms with Gasteiger partial charge in [-0.15, -0.1) is 0 Å². The van der Waals surface area contributed by atoms with E-state index in [2.05, 4.69) is 0 Å². The molecule has 20 heavy (non-hydrogen) atoms. The molecule has 0 spiro atoms. The first-order chi connectivity index (χ1) is 9.49. The standard InChI is InChI=1S/C15H15N3O2/c1-9-4-5-12(6-10(9)2)18-8-11(7-16)13(17)14(18)15(19)20-3/h4-6,8H,17H2,1-3H3. The number of hydrogen-bond donors (Lipinski definition) is 1. The van der Waals surface area contributed by atoms with Gasteiger partial charge in [-0.1, -0.05) is 6.07 Å². The van der Waals surface area contributed by atoms with Crippen LogP contribution in [0.3, 0.4) is 0 Å². The number of methoxy groups -OCH3 is 1. The van der Waals surface area contributed by atoms with Crippen molar-refractivity contribution in [1.29, 1.82) is 5.26 Å². The van der Waals surface area contributed by atoms with Crippen LogP contribution in [0.4, 0.5) is 5.69 Å². The predicted octanol–water partition coefficient (Wildman–Crippen LogP) is 2.33. The smallest absolute Gasteiger partial charge is 0.357 e. The van der Waals surface area contributed by atoms with E-state index >= 15 is 0 Å². The molecule has 0 atom stereocenters. The van der Waals surface area contributed by atoms with Crippen molar-refractivity contribution in [3.05, 3.63) is 46.8 Å². The van der Waals surface area contributed by atoms with E-state index < -0.39 is 5.97 Å². The van der Waals surface area contributed by atoms with E-state index in [1.54, 1.807) is 10.8 Å². The number of nitrogen functional groups attached to an aromatic ring is 1. The first kappa shape index (κ1) is 13.7. The van der Waals surface area contributed by atoms with E-state index in [0.29, 0.717) is 0 Å². The number of carbonyl (C=O) groups excluding carboxylic acids is 1. The minimum absolute atomic E-state index is 0.137. The summed E-state index contributed by atoms with van der Waals surface area (Å²) in [4.78, 5) is 11.9. The molecule has 2 aromatic rings. The van der Waals surface area contributed by atoms with Gasteiger partial charge in [-0.3, -0.25) is 0 Å². The highest BCUT2D eigenvalue weighted by Crippen LogP contribution is 2.25. The molecule has 1 aromatic heterocycles. The predicted molar refractivity (Wildman–Crippen MR) is 75.7 cm³/mol. The summed E-state index contributed by atoms with van der Waals surface area (Å²) in [6.45, 7) is 3.99. The topological polar surface area (TPSA) is 81.0 Å². The largest absolute Gasteiger partial charge is 0.464 e. The summed E-state index contributed by atoms with van der Waals surface area (Å²) in [5, 5.41) is 9.06. The molecule has 0 fully saturated rings. The number of hydrogen-bond acceptors (Lipinski definition) is 4. The fraction of sp³-hybridized carbons (Fsp3) is 0.200. The number of rotatable bonds is 2. The lowest BCUT2D eigenvalue weighted by Crippen LogP contribution is -2.11. The molecule has 1 aromatic carbocycles. The molecule has 0 aliphatic rings. The van der Waals surface area contributed by atoms with Gasteiger partial charge in [0.2, 0.25) is 0 Å². The second kappa shape index (κ2) is 5.10. The SMILES string of the molecule is COC(=O)c1c(N)c(C#N)cn1-c1ccc(C)c(C)c1. The van der Waals surface area contributed by atoms with Gasteiger partial charge in [-0.05, 0) is 37.1 Å². The first-order valence-electron chi connectivity index (χ1n) is 6.06. The van der Waals surface area contributed by atoms with Crippen molar-refractivity contribution in [2.45, 2.75) is 13.8 Å². The fourth-order valence-corrected chi connectivity index (χ4v) is 1.99. The van der Waals surface area contributed by atoms with Crippen LogP contribution < -0.4 is 5.73 Å². The van der Waals surface area contributed by atoms with E-state index in [9.17, 15) is 4.79 Å². The van der Waals surface area contributed by atoms with Gasteiger partial charge in [0, 0.05) is 11.9 Å². The first-order valence-corrected chi connectivity index (χ1v) is 6.06. The molecule has 5 heteroatoms. The van der Waals surface area contributed by atoms with E-state index in [-0.39, 0.29) is 16.9 Å². The Kier molecular flexibility index (Phi) is 3.49. The maximum atomic E-state index is 11.9. The van der Waals surface area contributed by atoms with Gasteiger partial charge in [0.25, 0.3) is 0 Å². The Bertz CT molecular complexity index is 723. The van der Waals surface area contributed by atoms with E-state index in [0.717, 1.165) is 16.8 Å². The van der Waals surface area contributed by atoms with Crippen LogP contribution in [0, 0.1) is 25.2 Å². The van der Waals surface area contributed by atoms with Crippen molar-refractivity contribution < 1.29 is 9.53 Å². The Balaban J connectivity index is 2.70. The highest BCUT2D eigenvalue weighted by atomic mass is 16.5. The van der Waals surface area contributed by atoms with Crippen LogP contribution in [-0.2, 0) is 4.74 Å². The number of nitriles is 1. The molecule has 0 saturated carbocycles. The molecule has 2 rings (SSSR count). The van der Waals surface area contributed by atoms with E-state index in [1.165, 1.54) is 7.11 Å². The summed E-state index contributed by atoms with van der Waals surface area (Å²) < 4.78 is 6.33. The highest BCUT2D eigenvalue weighted by Gasteiger charge is 2.21. The minimum atomic E-state index is -0.567. The average Bonchev–Trinajstić information content (AvgIpc) is 2.78. The molecule has 0 saturated heterocycles. The van der Waals surface area contributed by atoms with Crippen molar-refractivity contribution in [2.75, 3.05) is 12.8 Å². The van der Waals surface area contributed by atoms with Crippen LogP contribution in [0.15, 0.2) is 24.4 Å². The van der Waals surface area contributed by atoms with Crippen molar-refractivity contribution in [3.63, 3.8) is 0 Å². The van der Waals surface area contributed by atoms with Crippen molar-refractivity contribution >= 4 is 11.7 Å². The second-order valence-corrected chi connectivity index (χ2v) is 4.55. The minimum Gasteiger partial charge on any atom is -0.464 e. The highest BCUT2D eigenvalue weighted by molar-refractivity contribution is 5.95. The van der Waals surface area contributed by atoms with Gasteiger partial charge >= 0.3 is 5.97 Å². The summed E-state index contributed by atoms with van der Waals surface area (Å²) in [5.41, 5.74) is 9.42. The molecule has 0 amide bonds. The van der Waals surface area contributed by atoms with Gasteiger partial charge in [0.05, 0.1) is 18.4 Å². The molecular weight excluding hydrogens is 254 g/mol. The second-order valence-electron chi connectivity index (χ2n) is 4.55. The molecule has 0 aliphatic heterocycles. The Morgan fingerprint density at radius 3 is 2.60 bits per heavy atom. The summed E-state index contributed by atoms with van der Waals surface area (Å²) in [6.07, 6.45) is 1.55. The van der Waals surface area contributed by atoms with Gasteiger partial charge in [-0.25, -0.2) is 4.79 Å². The number of nitrogens with zero attached hydrogens (tertiary/aromatic N) is 2. The maximum absolute atomic E-state index is 11.9. The number of ether oxygens (including phenoxy) is 1. The zero-order chi connectivity index (χ0) is 14.9. The number of aromatic nitrogens is 1. The Labute approximate surface area is 117 Å². The van der Waals surface area contributed by atoms with Gasteiger partial charge in [-0.2, -0.15) is 5.26 Å². The van der Waals surface area contributed by atoms with Crippen LogP contribution in [0.2, 0.25) is 0 Å². The molecule has 2 N–H and O–H groups in total. The lowest BCUT2D eigenvalue weighted by Gasteiger charge is -2.10. The molecular formula is C15H15N3O2. The summed E-state index contributed by atoms with van der Waals surface area (Å²) in [5.74, 6) is -0.567. The lowest BCUT2D eigenvalue weighted by atomic mass is 10.1. The lowest BCUT2D eigenvalue weighted by molar-refractivity contribution is 0.0593. The third-order valence-electron chi connectivity index (χ3n) is 3.31. The Morgan fingerprint density at radius 1 is 1.35 bits per heavy atom. The Hall–Kier alpha value is -2.74. The number of esters is 1. The number of benzene rings is 1. The number of nitrogens with two attached hydrogens (primary N) is 1. The third-order valence-corrected chi connectivity index (χ3v) is 3.31. The normalized spacial score (nSPS) is 10.1. The maximum Gasteiger partial charge on any atom is 0.357 e. The number of aryl methyl sites for hydroxylation is 2. The van der Waals surface area contributed by atoms with Crippen LogP contribution >= 0.6 is 0 Å². The van der Waals surface area contributed by atoms with Crippen LogP contribution in [0.25, 0.3) is 5.69 Å². The zero-order valence-corrected chi connectivity index (χ0v) is 11.6. The Morgan fingerprint density at radius 2 is 2.05 bits per heavy atom. The molecule has 0 bridgehead atoms. The molecule has 102 valence electrons. The molecule has 0 unspecified atom stereocenters. The van der Waals surface area contributed by atoms with Crippen molar-refractivity contribution in [2.24, 2.45) is 0 Å². The molecule has 1 heterocycles. The van der Waals surface area contributed by atoms with Crippen LogP contribution in [0.1, 0.15) is 27.2 Å². The van der Waals surface area contributed by atoms with Gasteiger partial charge < -0.3 is 15.0 Å². The number of carbonyl (C=O) groups is 1. The zero-order valence-electron chi connectivity index (χ0n) is 11.6. The third kappa shape index (κ3) is 2.12. The van der Waals surface area contributed by atoms with Crippen molar-refractivity contribution in [1.82, 2.24) is 4.57 Å². The quantitative estimate of drug-likeness (QED) is 0.848. The van der Waals surface area contributed by atoms with Gasteiger partial charge in [0.1, 0.15) is 6.07 Å². The molecule has 5 nitrogen and oxygen atoms in total. The van der Waals surface area contributed by atoms with Crippen molar-refractivity contribution in [3.8, 4) is 11.8 Å². The van der Waals surface area contributed by atoms with E-state index in [1.807, 2.05) is 38.1 Å². The summed E-state index contributed by atoms with van der Waals surface area (Å²) in [7, 11) is 1.28. The van der Waals surface area contributed by atoms with Gasteiger partial charge in [0.15, 0.2) is 5.69 Å². The monoisotopic (exact) mass is 269 g/mol. The summed E-state index contributed by atoms with van der Waals surface area (Å²) >= 11 is 0. The van der Waals surface area contributed by atoms with Crippen LogP contribution in [0.5, 0.6) is 0 Å². The summed E-state index contributed by atoms with van der Waals surface area (Å²) in [6, 6.07) is 7.73. The average molecular weight is 269 g/mol. The molecule has 0 aliphatic carbocycles. The van der Waals surface area contributed by atoms with Crippen LogP contribution in [-0.4, -0.2) is 17.6 Å².